The molecule has 0 aliphatic carbocycles. The first-order valence-corrected chi connectivity index (χ1v) is 7.30. The van der Waals surface area contributed by atoms with Crippen molar-refractivity contribution >= 4 is 17.7 Å². The number of carbonyl (C=O) groups excluding carboxylic acids is 3. The van der Waals surface area contributed by atoms with Crippen LogP contribution in [-0.2, 0) is 33.3 Å². The van der Waals surface area contributed by atoms with Crippen LogP contribution in [0.3, 0.4) is 0 Å². The number of Topliss-reactive ketones (excluding diaryl/α,β-unsaturated/α-hetero) is 1. The van der Waals surface area contributed by atoms with Crippen molar-refractivity contribution in [3.05, 3.63) is 0 Å². The highest BCUT2D eigenvalue weighted by molar-refractivity contribution is 5.97. The number of aliphatic hydroxyl groups is 1. The Morgan fingerprint density at radius 1 is 1.26 bits per heavy atom. The van der Waals surface area contributed by atoms with Gasteiger partial charge in [0.25, 0.3) is 0 Å². The summed E-state index contributed by atoms with van der Waals surface area (Å²) in [6, 6.07) is 0. The fraction of sp³-hybridized carbons (Fsp3) is 0.800. The number of hydrogen-bond donors (Lipinski definition) is 1. The summed E-state index contributed by atoms with van der Waals surface area (Å²) in [5, 5.41) is 10.8. The molecule has 0 aromatic rings. The Bertz CT molecular complexity index is 458. The third-order valence-corrected chi connectivity index (χ3v) is 4.43. The second kappa shape index (κ2) is 7.85. The molecule has 1 fully saturated rings. The van der Waals surface area contributed by atoms with Crippen LogP contribution in [-0.4, -0.2) is 62.7 Å². The minimum atomic E-state index is -1.98. The van der Waals surface area contributed by atoms with Crippen LogP contribution in [0.4, 0.5) is 0 Å². The van der Waals surface area contributed by atoms with Gasteiger partial charge in [0, 0.05) is 33.5 Å². The van der Waals surface area contributed by atoms with E-state index in [1.54, 1.807) is 0 Å². The lowest BCUT2D eigenvalue weighted by Gasteiger charge is -2.33. The van der Waals surface area contributed by atoms with Crippen LogP contribution in [0.2, 0.25) is 0 Å². The van der Waals surface area contributed by atoms with Crippen molar-refractivity contribution in [3.8, 4) is 0 Å². The SMILES string of the molecule is COC(=O)CC[C@]1(C)C(=O)OC[C@]1(O)C(=O)CCC(OC)OC. The molecule has 1 heterocycles. The predicted octanol–water partition coefficient (Wildman–Crippen LogP) is 0.202. The molecule has 1 saturated heterocycles. The Morgan fingerprint density at radius 2 is 1.87 bits per heavy atom. The molecule has 0 bridgehead atoms. The van der Waals surface area contributed by atoms with Crippen molar-refractivity contribution in [1.82, 2.24) is 0 Å². The summed E-state index contributed by atoms with van der Waals surface area (Å²) in [5.74, 6) is -1.78. The molecule has 0 aromatic carbocycles. The molecule has 8 heteroatoms. The standard InChI is InChI=1S/C15H24O8/c1-14(8-7-11(17)20-2)13(18)23-9-15(14,19)10(16)5-6-12(21-3)22-4/h12,19H,5-9H2,1-4H3/t14-,15+/m1/s1. The van der Waals surface area contributed by atoms with Gasteiger partial charge >= 0.3 is 11.9 Å². The molecule has 132 valence electrons. The number of rotatable bonds is 9. The van der Waals surface area contributed by atoms with Crippen molar-refractivity contribution in [1.29, 1.82) is 0 Å². The van der Waals surface area contributed by atoms with E-state index in [-0.39, 0.29) is 25.7 Å². The topological polar surface area (TPSA) is 108 Å². The van der Waals surface area contributed by atoms with Crippen molar-refractivity contribution < 1.29 is 38.4 Å². The lowest BCUT2D eigenvalue weighted by atomic mass is 9.69. The summed E-state index contributed by atoms with van der Waals surface area (Å²) in [7, 11) is 4.11. The average molecular weight is 332 g/mol. The van der Waals surface area contributed by atoms with Crippen molar-refractivity contribution in [2.45, 2.75) is 44.5 Å². The summed E-state index contributed by atoms with van der Waals surface area (Å²) in [5.41, 5.74) is -3.47. The van der Waals surface area contributed by atoms with Gasteiger partial charge in [-0.25, -0.2) is 0 Å². The maximum absolute atomic E-state index is 12.5. The normalized spacial score (nSPS) is 27.1. The van der Waals surface area contributed by atoms with Crippen molar-refractivity contribution in [3.63, 3.8) is 0 Å². The van der Waals surface area contributed by atoms with E-state index in [9.17, 15) is 19.5 Å². The lowest BCUT2D eigenvalue weighted by Crippen LogP contribution is -2.53. The molecule has 0 spiro atoms. The van der Waals surface area contributed by atoms with Crippen molar-refractivity contribution in [2.75, 3.05) is 27.9 Å². The fourth-order valence-corrected chi connectivity index (χ4v) is 2.60. The third-order valence-electron chi connectivity index (χ3n) is 4.43. The molecule has 23 heavy (non-hydrogen) atoms. The number of methoxy groups -OCH3 is 3. The number of esters is 2. The first kappa shape index (κ1) is 19.5. The van der Waals surface area contributed by atoms with Gasteiger partial charge in [-0.1, -0.05) is 0 Å². The van der Waals surface area contributed by atoms with Gasteiger partial charge in [-0.15, -0.1) is 0 Å². The smallest absolute Gasteiger partial charge is 0.315 e. The molecule has 0 aromatic heterocycles. The predicted molar refractivity (Wildman–Crippen MR) is 77.3 cm³/mol. The average Bonchev–Trinajstić information content (AvgIpc) is 2.79. The van der Waals surface area contributed by atoms with Gasteiger partial charge in [0.15, 0.2) is 17.7 Å². The summed E-state index contributed by atoms with van der Waals surface area (Å²) >= 11 is 0. The van der Waals surface area contributed by atoms with Gasteiger partial charge in [0.2, 0.25) is 0 Å². The maximum atomic E-state index is 12.5. The molecule has 0 radical (unpaired) electrons. The summed E-state index contributed by atoms with van der Waals surface area (Å²) in [6.07, 6.45) is -0.542. The van der Waals surface area contributed by atoms with Crippen LogP contribution < -0.4 is 0 Å². The summed E-state index contributed by atoms with van der Waals surface area (Å²) in [6.45, 7) is 1.00. The van der Waals surface area contributed by atoms with Crippen LogP contribution in [0.5, 0.6) is 0 Å². The Kier molecular flexibility index (Phi) is 6.67. The molecule has 0 unspecified atom stereocenters. The Morgan fingerprint density at radius 3 is 2.39 bits per heavy atom. The lowest BCUT2D eigenvalue weighted by molar-refractivity contribution is -0.158. The zero-order chi connectivity index (χ0) is 17.7. The highest BCUT2D eigenvalue weighted by Gasteiger charge is 2.62. The minimum Gasteiger partial charge on any atom is -0.469 e. The van der Waals surface area contributed by atoms with Gasteiger partial charge in [0.05, 0.1) is 7.11 Å². The highest BCUT2D eigenvalue weighted by Crippen LogP contribution is 2.44. The van der Waals surface area contributed by atoms with Gasteiger partial charge in [-0.2, -0.15) is 0 Å². The van der Waals surface area contributed by atoms with Gasteiger partial charge < -0.3 is 24.1 Å². The molecule has 2 atom stereocenters. The molecule has 0 amide bonds. The number of ether oxygens (including phenoxy) is 4. The van der Waals surface area contributed by atoms with E-state index in [2.05, 4.69) is 4.74 Å². The van der Waals surface area contributed by atoms with E-state index in [4.69, 9.17) is 14.2 Å². The summed E-state index contributed by atoms with van der Waals surface area (Å²) in [4.78, 5) is 35.8. The van der Waals surface area contributed by atoms with Crippen LogP contribution in [0.1, 0.15) is 32.6 Å². The monoisotopic (exact) mass is 332 g/mol. The quantitative estimate of drug-likeness (QED) is 0.471. The number of ketones is 1. The molecule has 1 rings (SSSR count). The Labute approximate surface area is 135 Å². The van der Waals surface area contributed by atoms with E-state index in [0.29, 0.717) is 0 Å². The second-order valence-corrected chi connectivity index (χ2v) is 5.71. The van der Waals surface area contributed by atoms with Crippen LogP contribution in [0.15, 0.2) is 0 Å². The molecule has 1 aliphatic heterocycles. The zero-order valence-corrected chi connectivity index (χ0v) is 13.9. The van der Waals surface area contributed by atoms with E-state index in [1.165, 1.54) is 28.3 Å². The Hall–Kier alpha value is -1.51. The third kappa shape index (κ3) is 3.88. The van der Waals surface area contributed by atoms with E-state index in [1.807, 2.05) is 0 Å². The first-order chi connectivity index (χ1) is 10.7. The highest BCUT2D eigenvalue weighted by atomic mass is 16.7. The Balaban J connectivity index is 2.85. The van der Waals surface area contributed by atoms with E-state index < -0.39 is 41.6 Å². The molecule has 8 nitrogen and oxygen atoms in total. The molecule has 1 N–H and O–H groups in total. The van der Waals surface area contributed by atoms with E-state index in [0.717, 1.165) is 0 Å². The number of cyclic esters (lactones) is 1. The minimum absolute atomic E-state index is 0.0429. The van der Waals surface area contributed by atoms with Gasteiger partial charge in [-0.3, -0.25) is 14.4 Å². The van der Waals surface area contributed by atoms with Gasteiger partial charge in [-0.05, 0) is 13.3 Å². The molecule has 1 aliphatic rings. The van der Waals surface area contributed by atoms with Gasteiger partial charge in [0.1, 0.15) is 12.0 Å². The van der Waals surface area contributed by atoms with Crippen molar-refractivity contribution in [2.24, 2.45) is 5.41 Å². The second-order valence-electron chi connectivity index (χ2n) is 5.71. The molecular formula is C15H24O8. The number of carbonyl (C=O) groups is 3. The summed E-state index contributed by atoms with van der Waals surface area (Å²) < 4.78 is 19.4. The fourth-order valence-electron chi connectivity index (χ4n) is 2.60. The van der Waals surface area contributed by atoms with Crippen LogP contribution in [0, 0.1) is 5.41 Å². The molecule has 0 saturated carbocycles. The largest absolute Gasteiger partial charge is 0.469 e. The first-order valence-electron chi connectivity index (χ1n) is 7.30. The number of hydrogen-bond acceptors (Lipinski definition) is 8. The van der Waals surface area contributed by atoms with E-state index >= 15 is 0 Å². The van der Waals surface area contributed by atoms with Crippen LogP contribution >= 0.6 is 0 Å². The zero-order valence-electron chi connectivity index (χ0n) is 13.9. The van der Waals surface area contributed by atoms with Crippen LogP contribution in [0.25, 0.3) is 0 Å². The maximum Gasteiger partial charge on any atom is 0.315 e. The molecular weight excluding hydrogens is 308 g/mol.